The van der Waals surface area contributed by atoms with Gasteiger partial charge in [-0.05, 0) is 18.0 Å². The van der Waals surface area contributed by atoms with E-state index in [9.17, 15) is 9.59 Å². The summed E-state index contributed by atoms with van der Waals surface area (Å²) in [7, 11) is 6.01. The molecule has 0 aromatic carbocycles. The van der Waals surface area contributed by atoms with Crippen molar-refractivity contribution in [1.82, 2.24) is 0 Å². The van der Waals surface area contributed by atoms with Crippen LogP contribution in [0.3, 0.4) is 0 Å². The molecule has 0 aliphatic rings. The fraction of sp³-hybridized carbons (Fsp3) is 0.900. The third-order valence-corrected chi connectivity index (χ3v) is 4.33. The van der Waals surface area contributed by atoms with E-state index in [1.54, 1.807) is 0 Å². The number of nitrogens with zero attached hydrogens (tertiary/aromatic N) is 1. The summed E-state index contributed by atoms with van der Waals surface area (Å²) in [6.45, 7) is 2.82. The van der Waals surface area contributed by atoms with Crippen LogP contribution in [0, 0.1) is 0 Å². The number of rotatable bonds is 16. The van der Waals surface area contributed by atoms with Crippen molar-refractivity contribution in [3.8, 4) is 0 Å². The number of hydrogen-bond acceptors (Lipinski definition) is 3. The van der Waals surface area contributed by atoms with E-state index in [-0.39, 0.29) is 12.4 Å². The number of unbranched alkanes of at least 4 members (excludes halogenated alkanes) is 9. The Labute approximate surface area is 159 Å². The maximum absolute atomic E-state index is 12.0. The van der Waals surface area contributed by atoms with Crippen LogP contribution < -0.4 is 0 Å². The van der Waals surface area contributed by atoms with Gasteiger partial charge in [0.05, 0.1) is 27.6 Å². The maximum atomic E-state index is 12.0. The summed E-state index contributed by atoms with van der Waals surface area (Å²) in [5, 5.41) is -0.454. The highest BCUT2D eigenvalue weighted by Gasteiger charge is 2.24. The van der Waals surface area contributed by atoms with E-state index in [4.69, 9.17) is 16.3 Å². The molecule has 148 valence electrons. The van der Waals surface area contributed by atoms with Crippen LogP contribution in [0.15, 0.2) is 0 Å². The summed E-state index contributed by atoms with van der Waals surface area (Å²) in [6.07, 6.45) is 12.5. The summed E-state index contributed by atoms with van der Waals surface area (Å²) < 4.78 is 6.09. The first-order chi connectivity index (χ1) is 11.7. The van der Waals surface area contributed by atoms with E-state index in [1.165, 1.54) is 51.4 Å². The second kappa shape index (κ2) is 14.5. The molecule has 0 spiro atoms. The number of esters is 1. The van der Waals surface area contributed by atoms with Gasteiger partial charge in [0, 0.05) is 6.42 Å². The molecular formula is C20H39ClNO3+. The van der Waals surface area contributed by atoms with Crippen molar-refractivity contribution in [3.05, 3.63) is 0 Å². The molecule has 0 saturated heterocycles. The number of likely N-dealkylation sites (N-methyl/N-ethyl adjacent to an activating group) is 1. The van der Waals surface area contributed by atoms with Gasteiger partial charge < -0.3 is 9.22 Å². The smallest absolute Gasteiger partial charge is 0.306 e. The molecular weight excluding hydrogens is 338 g/mol. The van der Waals surface area contributed by atoms with Gasteiger partial charge in [0.15, 0.2) is 6.10 Å². The number of halogens is 1. The van der Waals surface area contributed by atoms with Gasteiger partial charge in [-0.2, -0.15) is 0 Å². The summed E-state index contributed by atoms with van der Waals surface area (Å²) in [4.78, 5) is 23.1. The Morgan fingerprint density at radius 3 is 1.80 bits per heavy atom. The monoisotopic (exact) mass is 376 g/mol. The zero-order valence-corrected chi connectivity index (χ0v) is 17.6. The van der Waals surface area contributed by atoms with Gasteiger partial charge in [-0.1, -0.05) is 64.7 Å². The van der Waals surface area contributed by atoms with E-state index in [1.807, 2.05) is 21.1 Å². The Hall–Kier alpha value is -0.610. The molecule has 0 radical (unpaired) electrons. The van der Waals surface area contributed by atoms with E-state index in [0.29, 0.717) is 17.4 Å². The topological polar surface area (TPSA) is 43.4 Å². The lowest BCUT2D eigenvalue weighted by atomic mass is 10.1. The lowest BCUT2D eigenvalue weighted by Crippen LogP contribution is -2.43. The highest BCUT2D eigenvalue weighted by atomic mass is 35.5. The molecule has 0 aliphatic heterocycles. The van der Waals surface area contributed by atoms with Gasteiger partial charge in [-0.15, -0.1) is 0 Å². The van der Waals surface area contributed by atoms with Crippen LogP contribution in [0.4, 0.5) is 0 Å². The van der Waals surface area contributed by atoms with Crippen molar-refractivity contribution in [1.29, 1.82) is 0 Å². The van der Waals surface area contributed by atoms with Crippen LogP contribution in [-0.2, 0) is 14.3 Å². The van der Waals surface area contributed by atoms with Crippen LogP contribution >= 0.6 is 11.6 Å². The zero-order valence-electron chi connectivity index (χ0n) is 16.8. The van der Waals surface area contributed by atoms with Crippen molar-refractivity contribution in [2.75, 3.05) is 27.7 Å². The van der Waals surface area contributed by atoms with Gasteiger partial charge in [-0.3, -0.25) is 9.59 Å². The molecule has 0 heterocycles. The van der Waals surface area contributed by atoms with Gasteiger partial charge in [0.1, 0.15) is 6.54 Å². The molecule has 0 saturated carbocycles. The lowest BCUT2D eigenvalue weighted by molar-refractivity contribution is -0.873. The average Bonchev–Trinajstić information content (AvgIpc) is 2.46. The second-order valence-corrected chi connectivity index (χ2v) is 8.50. The highest BCUT2D eigenvalue weighted by Crippen LogP contribution is 2.13. The van der Waals surface area contributed by atoms with Gasteiger partial charge in [0.2, 0.25) is 5.24 Å². The Morgan fingerprint density at radius 2 is 1.36 bits per heavy atom. The predicted molar refractivity (Wildman–Crippen MR) is 105 cm³/mol. The molecule has 25 heavy (non-hydrogen) atoms. The molecule has 4 nitrogen and oxygen atoms in total. The maximum Gasteiger partial charge on any atom is 0.306 e. The van der Waals surface area contributed by atoms with E-state index < -0.39 is 11.3 Å². The van der Waals surface area contributed by atoms with Gasteiger partial charge in [-0.25, -0.2) is 0 Å². The SMILES string of the molecule is CCCCCCCCCCCCC(=O)OC(CC(=O)Cl)C[N+](C)(C)C. The molecule has 0 fully saturated rings. The van der Waals surface area contributed by atoms with Crippen molar-refractivity contribution in [3.63, 3.8) is 0 Å². The Morgan fingerprint density at radius 1 is 0.880 bits per heavy atom. The van der Waals surface area contributed by atoms with Crippen molar-refractivity contribution >= 4 is 22.8 Å². The molecule has 0 N–H and O–H groups in total. The van der Waals surface area contributed by atoms with E-state index >= 15 is 0 Å². The zero-order chi connectivity index (χ0) is 19.1. The molecule has 0 bridgehead atoms. The summed E-state index contributed by atoms with van der Waals surface area (Å²) in [6, 6.07) is 0. The quantitative estimate of drug-likeness (QED) is 0.163. The molecule has 0 aromatic heterocycles. The average molecular weight is 377 g/mol. The highest BCUT2D eigenvalue weighted by molar-refractivity contribution is 6.63. The van der Waals surface area contributed by atoms with Crippen LogP contribution in [0.5, 0.6) is 0 Å². The van der Waals surface area contributed by atoms with Crippen molar-refractivity contribution < 1.29 is 18.8 Å². The number of ether oxygens (including phenoxy) is 1. The van der Waals surface area contributed by atoms with Crippen LogP contribution in [-0.4, -0.2) is 49.5 Å². The third-order valence-electron chi connectivity index (χ3n) is 4.17. The lowest BCUT2D eigenvalue weighted by Gasteiger charge is -2.28. The Kier molecular flexibility index (Phi) is 14.2. The minimum atomic E-state index is -0.454. The van der Waals surface area contributed by atoms with Gasteiger partial charge >= 0.3 is 5.97 Å². The molecule has 1 atom stereocenters. The number of carbonyl (C=O) groups is 2. The number of quaternary nitrogens is 1. The summed E-state index contributed by atoms with van der Waals surface area (Å²) >= 11 is 5.46. The van der Waals surface area contributed by atoms with Crippen molar-refractivity contribution in [2.45, 2.75) is 90.1 Å². The van der Waals surface area contributed by atoms with Crippen LogP contribution in [0.2, 0.25) is 0 Å². The summed E-state index contributed by atoms with van der Waals surface area (Å²) in [5.74, 6) is -0.212. The fourth-order valence-corrected chi connectivity index (χ4v) is 3.11. The number of carbonyl (C=O) groups excluding carboxylic acids is 2. The largest absolute Gasteiger partial charge is 0.456 e. The first-order valence-electron chi connectivity index (χ1n) is 9.93. The molecule has 0 aromatic rings. The second-order valence-electron chi connectivity index (χ2n) is 8.08. The van der Waals surface area contributed by atoms with Crippen molar-refractivity contribution in [2.24, 2.45) is 0 Å². The summed E-state index contributed by atoms with van der Waals surface area (Å²) in [5.41, 5.74) is 0. The molecule has 1 unspecified atom stereocenters. The fourth-order valence-electron chi connectivity index (χ4n) is 2.93. The molecule has 0 aliphatic carbocycles. The minimum absolute atomic E-state index is 0.0842. The van der Waals surface area contributed by atoms with Crippen LogP contribution in [0.1, 0.15) is 84.0 Å². The predicted octanol–water partition coefficient (Wildman–Crippen LogP) is 5.07. The number of hydrogen-bond donors (Lipinski definition) is 0. The Balaban J connectivity index is 3.77. The standard InChI is InChI=1S/C20H39ClNO3/c1-5-6-7-8-9-10-11-12-13-14-15-20(24)25-18(16-19(21)23)17-22(2,3)4/h18H,5-17H2,1-4H3/q+1. The van der Waals surface area contributed by atoms with Crippen LogP contribution in [0.25, 0.3) is 0 Å². The molecule has 5 heteroatoms. The Bertz CT molecular complexity index is 366. The minimum Gasteiger partial charge on any atom is -0.456 e. The molecule has 0 amide bonds. The van der Waals surface area contributed by atoms with Gasteiger partial charge in [0.25, 0.3) is 0 Å². The first-order valence-corrected chi connectivity index (χ1v) is 10.3. The van der Waals surface area contributed by atoms with E-state index in [0.717, 1.165) is 12.8 Å². The van der Waals surface area contributed by atoms with E-state index in [2.05, 4.69) is 6.92 Å². The molecule has 0 rings (SSSR count). The first kappa shape index (κ1) is 24.4. The third kappa shape index (κ3) is 18.0. The normalized spacial score (nSPS) is 12.8.